The summed E-state index contributed by atoms with van der Waals surface area (Å²) < 4.78 is 19.1. The highest BCUT2D eigenvalue weighted by Gasteiger charge is 2.23. The molecule has 0 aromatic heterocycles. The monoisotopic (exact) mass is 320 g/mol. The first-order valence-electron chi connectivity index (χ1n) is 5.83. The maximum atomic E-state index is 13.6. The van der Waals surface area contributed by atoms with Crippen LogP contribution in [0.15, 0.2) is 18.2 Å². The second kappa shape index (κ2) is 6.17. The van der Waals surface area contributed by atoms with Crippen LogP contribution >= 0.6 is 27.5 Å². The number of hydrogen-bond acceptors (Lipinski definition) is 1. The molecule has 0 N–H and O–H groups in total. The quantitative estimate of drug-likeness (QED) is 0.758. The van der Waals surface area contributed by atoms with E-state index in [1.54, 1.807) is 12.1 Å². The van der Waals surface area contributed by atoms with Crippen LogP contribution in [0, 0.1) is 11.7 Å². The Bertz CT molecular complexity index is 359. The van der Waals surface area contributed by atoms with Crippen LogP contribution in [-0.4, -0.2) is 18.0 Å². The van der Waals surface area contributed by atoms with Crippen LogP contribution in [0.2, 0.25) is 5.02 Å². The van der Waals surface area contributed by atoms with Crippen molar-refractivity contribution in [3.8, 4) is 0 Å². The van der Waals surface area contributed by atoms with Gasteiger partial charge in [-0.15, -0.1) is 0 Å². The molecule has 17 heavy (non-hydrogen) atoms. The molecule has 1 aliphatic rings. The standard InChI is InChI=1S/C13H15BrClFO/c14-11(9-3-2-6-17-8-9)7-10-12(15)4-1-5-13(10)16/h1,4-5,9,11H,2-3,6-8H2. The van der Waals surface area contributed by atoms with Crippen molar-refractivity contribution in [2.24, 2.45) is 5.92 Å². The molecule has 1 aliphatic heterocycles. The van der Waals surface area contributed by atoms with Crippen molar-refractivity contribution in [1.82, 2.24) is 0 Å². The van der Waals surface area contributed by atoms with E-state index in [1.807, 2.05) is 0 Å². The van der Waals surface area contributed by atoms with Gasteiger partial charge in [-0.1, -0.05) is 33.6 Å². The number of hydrogen-bond donors (Lipinski definition) is 0. The summed E-state index contributed by atoms with van der Waals surface area (Å²) in [6.07, 6.45) is 2.82. The largest absolute Gasteiger partial charge is 0.381 e. The van der Waals surface area contributed by atoms with Crippen molar-refractivity contribution in [2.75, 3.05) is 13.2 Å². The first-order chi connectivity index (χ1) is 8.18. The van der Waals surface area contributed by atoms with Gasteiger partial charge >= 0.3 is 0 Å². The Hall–Kier alpha value is -0.120. The van der Waals surface area contributed by atoms with E-state index in [-0.39, 0.29) is 10.6 Å². The highest BCUT2D eigenvalue weighted by Crippen LogP contribution is 2.29. The maximum absolute atomic E-state index is 13.6. The van der Waals surface area contributed by atoms with E-state index in [1.165, 1.54) is 6.07 Å². The molecule has 1 heterocycles. The molecule has 2 rings (SSSR count). The van der Waals surface area contributed by atoms with E-state index < -0.39 is 0 Å². The SMILES string of the molecule is Fc1cccc(Cl)c1CC(Br)C1CCCOC1. The average Bonchev–Trinajstić information content (AvgIpc) is 2.35. The molecule has 4 heteroatoms. The summed E-state index contributed by atoms with van der Waals surface area (Å²) in [5.74, 6) is 0.220. The van der Waals surface area contributed by atoms with Crippen molar-refractivity contribution in [2.45, 2.75) is 24.1 Å². The number of ether oxygens (including phenoxy) is 1. The summed E-state index contributed by atoms with van der Waals surface area (Å²) in [4.78, 5) is 0.220. The summed E-state index contributed by atoms with van der Waals surface area (Å²) in [7, 11) is 0. The molecule has 2 atom stereocenters. The van der Waals surface area contributed by atoms with Gasteiger partial charge in [0.25, 0.3) is 0 Å². The molecule has 0 radical (unpaired) electrons. The van der Waals surface area contributed by atoms with E-state index in [0.29, 0.717) is 22.9 Å². The van der Waals surface area contributed by atoms with Gasteiger partial charge in [0.05, 0.1) is 6.61 Å². The smallest absolute Gasteiger partial charge is 0.127 e. The molecule has 0 aliphatic carbocycles. The molecule has 0 bridgehead atoms. The second-order valence-electron chi connectivity index (χ2n) is 4.40. The van der Waals surface area contributed by atoms with Gasteiger partial charge < -0.3 is 4.74 Å². The Morgan fingerprint density at radius 1 is 1.53 bits per heavy atom. The molecule has 1 fully saturated rings. The fraction of sp³-hybridized carbons (Fsp3) is 0.538. The third kappa shape index (κ3) is 3.43. The summed E-state index contributed by atoms with van der Waals surface area (Å²) >= 11 is 9.66. The molecule has 0 spiro atoms. The summed E-state index contributed by atoms with van der Waals surface area (Å²) in [5.41, 5.74) is 0.599. The van der Waals surface area contributed by atoms with Gasteiger partial charge in [0.1, 0.15) is 5.82 Å². The van der Waals surface area contributed by atoms with E-state index in [9.17, 15) is 4.39 Å². The zero-order valence-corrected chi connectivity index (χ0v) is 11.8. The molecule has 1 aromatic rings. The van der Waals surface area contributed by atoms with Gasteiger partial charge in [0, 0.05) is 22.0 Å². The molecule has 1 aromatic carbocycles. The first-order valence-corrected chi connectivity index (χ1v) is 7.12. The molecular formula is C13H15BrClFO. The third-order valence-electron chi connectivity index (χ3n) is 3.17. The van der Waals surface area contributed by atoms with Crippen LogP contribution in [-0.2, 0) is 11.2 Å². The fourth-order valence-corrected chi connectivity index (χ4v) is 3.12. The number of rotatable bonds is 3. The number of halogens is 3. The lowest BCUT2D eigenvalue weighted by Gasteiger charge is -2.26. The van der Waals surface area contributed by atoms with Crippen LogP contribution in [0.1, 0.15) is 18.4 Å². The summed E-state index contributed by atoms with van der Waals surface area (Å²) in [6.45, 7) is 1.60. The molecule has 0 amide bonds. The number of alkyl halides is 1. The zero-order chi connectivity index (χ0) is 12.3. The van der Waals surface area contributed by atoms with E-state index in [2.05, 4.69) is 15.9 Å². The predicted octanol–water partition coefficient (Wildman–Crippen LogP) is 4.21. The van der Waals surface area contributed by atoms with Crippen LogP contribution < -0.4 is 0 Å². The fourth-order valence-electron chi connectivity index (χ4n) is 2.14. The van der Waals surface area contributed by atoms with Gasteiger partial charge in [-0.3, -0.25) is 0 Å². The summed E-state index contributed by atoms with van der Waals surface area (Å²) in [5, 5.41) is 0.506. The average molecular weight is 322 g/mol. The van der Waals surface area contributed by atoms with Crippen LogP contribution in [0.5, 0.6) is 0 Å². The summed E-state index contributed by atoms with van der Waals surface area (Å²) in [6, 6.07) is 4.82. The van der Waals surface area contributed by atoms with Crippen LogP contribution in [0.25, 0.3) is 0 Å². The maximum Gasteiger partial charge on any atom is 0.127 e. The lowest BCUT2D eigenvalue weighted by atomic mass is 9.94. The Labute approximate surface area is 114 Å². The van der Waals surface area contributed by atoms with Crippen molar-refractivity contribution < 1.29 is 9.13 Å². The Balaban J connectivity index is 2.04. The van der Waals surface area contributed by atoms with Crippen molar-refractivity contribution in [3.05, 3.63) is 34.6 Å². The molecule has 0 saturated carbocycles. The predicted molar refractivity (Wildman–Crippen MR) is 71.4 cm³/mol. The van der Waals surface area contributed by atoms with Crippen molar-refractivity contribution >= 4 is 27.5 Å². The minimum absolute atomic E-state index is 0.220. The minimum Gasteiger partial charge on any atom is -0.381 e. The van der Waals surface area contributed by atoms with Gasteiger partial charge in [0.2, 0.25) is 0 Å². The first kappa shape index (κ1) is 13.3. The Kier molecular flexibility index (Phi) is 4.83. The van der Waals surface area contributed by atoms with E-state index in [0.717, 1.165) is 26.1 Å². The number of benzene rings is 1. The Morgan fingerprint density at radius 2 is 2.35 bits per heavy atom. The molecule has 1 nitrogen and oxygen atoms in total. The highest BCUT2D eigenvalue weighted by molar-refractivity contribution is 9.09. The van der Waals surface area contributed by atoms with Crippen LogP contribution in [0.3, 0.4) is 0 Å². The molecular weight excluding hydrogens is 306 g/mol. The topological polar surface area (TPSA) is 9.23 Å². The lowest BCUT2D eigenvalue weighted by Crippen LogP contribution is -2.27. The van der Waals surface area contributed by atoms with Gasteiger partial charge in [-0.25, -0.2) is 4.39 Å². The van der Waals surface area contributed by atoms with Crippen molar-refractivity contribution in [1.29, 1.82) is 0 Å². The van der Waals surface area contributed by atoms with Crippen LogP contribution in [0.4, 0.5) is 4.39 Å². The zero-order valence-electron chi connectivity index (χ0n) is 9.46. The normalized spacial score (nSPS) is 22.4. The highest BCUT2D eigenvalue weighted by atomic mass is 79.9. The lowest BCUT2D eigenvalue weighted by molar-refractivity contribution is 0.0546. The minimum atomic E-state index is -0.223. The molecule has 94 valence electrons. The van der Waals surface area contributed by atoms with Gasteiger partial charge in [0.15, 0.2) is 0 Å². The molecule has 1 saturated heterocycles. The van der Waals surface area contributed by atoms with Crippen molar-refractivity contribution in [3.63, 3.8) is 0 Å². The van der Waals surface area contributed by atoms with E-state index >= 15 is 0 Å². The van der Waals surface area contributed by atoms with E-state index in [4.69, 9.17) is 16.3 Å². The third-order valence-corrected chi connectivity index (χ3v) is 4.59. The Morgan fingerprint density at radius 3 is 3.00 bits per heavy atom. The van der Waals surface area contributed by atoms with Gasteiger partial charge in [-0.2, -0.15) is 0 Å². The van der Waals surface area contributed by atoms with Gasteiger partial charge in [-0.05, 0) is 37.3 Å². The second-order valence-corrected chi connectivity index (χ2v) is 5.98. The molecule has 2 unspecified atom stereocenters.